The Kier molecular flexibility index (Phi) is 6.23. The quantitative estimate of drug-likeness (QED) is 0.659. The molecule has 0 aliphatic heterocycles. The molecule has 2 N–H and O–H groups in total. The Labute approximate surface area is 158 Å². The highest BCUT2D eigenvalue weighted by Gasteiger charge is 2.04. The summed E-state index contributed by atoms with van der Waals surface area (Å²) in [5, 5.41) is 6.99. The fraction of sp³-hybridized carbons (Fsp3) is 0.143. The SMILES string of the molecule is O=C(Cc1ccc(NCc2cccc(Cl)c2)cc1)NCc1cccnc1. The molecule has 0 atom stereocenters. The molecule has 4 nitrogen and oxygen atoms in total. The van der Waals surface area contributed by atoms with Gasteiger partial charge in [0.2, 0.25) is 5.91 Å². The van der Waals surface area contributed by atoms with Crippen LogP contribution in [0.15, 0.2) is 73.1 Å². The monoisotopic (exact) mass is 365 g/mol. The molecule has 0 aliphatic rings. The van der Waals surface area contributed by atoms with Gasteiger partial charge in [-0.25, -0.2) is 0 Å². The summed E-state index contributed by atoms with van der Waals surface area (Å²) in [4.78, 5) is 16.1. The van der Waals surface area contributed by atoms with Gasteiger partial charge in [-0.05, 0) is 47.0 Å². The highest BCUT2D eigenvalue weighted by Crippen LogP contribution is 2.14. The van der Waals surface area contributed by atoms with E-state index in [-0.39, 0.29) is 5.91 Å². The Bertz CT molecular complexity index is 851. The Morgan fingerprint density at radius 3 is 2.46 bits per heavy atom. The summed E-state index contributed by atoms with van der Waals surface area (Å²) in [6, 6.07) is 19.4. The van der Waals surface area contributed by atoms with Crippen molar-refractivity contribution < 1.29 is 4.79 Å². The number of hydrogen-bond acceptors (Lipinski definition) is 3. The van der Waals surface area contributed by atoms with Crippen molar-refractivity contribution >= 4 is 23.2 Å². The van der Waals surface area contributed by atoms with Gasteiger partial charge in [0.25, 0.3) is 0 Å². The smallest absolute Gasteiger partial charge is 0.224 e. The molecule has 0 spiro atoms. The largest absolute Gasteiger partial charge is 0.381 e. The molecule has 3 aromatic rings. The summed E-state index contributed by atoms with van der Waals surface area (Å²) in [6.07, 6.45) is 3.82. The first-order chi connectivity index (χ1) is 12.7. The van der Waals surface area contributed by atoms with Crippen molar-refractivity contribution in [1.82, 2.24) is 10.3 Å². The highest BCUT2D eigenvalue weighted by atomic mass is 35.5. The molecule has 0 fully saturated rings. The van der Waals surface area contributed by atoms with Crippen molar-refractivity contribution in [1.29, 1.82) is 0 Å². The number of hydrogen-bond donors (Lipinski definition) is 2. The number of amides is 1. The number of pyridine rings is 1. The lowest BCUT2D eigenvalue weighted by molar-refractivity contribution is -0.120. The van der Waals surface area contributed by atoms with Gasteiger partial charge in [0.15, 0.2) is 0 Å². The lowest BCUT2D eigenvalue weighted by Gasteiger charge is -2.09. The molecule has 1 amide bonds. The Morgan fingerprint density at radius 2 is 1.73 bits per heavy atom. The fourth-order valence-electron chi connectivity index (χ4n) is 2.54. The van der Waals surface area contributed by atoms with Crippen LogP contribution in [0.3, 0.4) is 0 Å². The fourth-order valence-corrected chi connectivity index (χ4v) is 2.76. The molecule has 2 aromatic carbocycles. The van der Waals surface area contributed by atoms with Gasteiger partial charge in [-0.1, -0.05) is 41.9 Å². The van der Waals surface area contributed by atoms with Crippen molar-refractivity contribution in [3.05, 3.63) is 94.8 Å². The van der Waals surface area contributed by atoms with E-state index in [1.54, 1.807) is 12.4 Å². The Balaban J connectivity index is 1.47. The average Bonchev–Trinajstić information content (AvgIpc) is 2.67. The van der Waals surface area contributed by atoms with Crippen LogP contribution in [0, 0.1) is 0 Å². The minimum Gasteiger partial charge on any atom is -0.381 e. The number of rotatable bonds is 7. The van der Waals surface area contributed by atoms with E-state index in [1.807, 2.05) is 60.7 Å². The second-order valence-corrected chi connectivity index (χ2v) is 6.43. The molecule has 1 heterocycles. The maximum atomic E-state index is 12.1. The third-order valence-corrected chi connectivity index (χ3v) is 4.15. The van der Waals surface area contributed by atoms with Crippen LogP contribution in [0.5, 0.6) is 0 Å². The van der Waals surface area contributed by atoms with E-state index in [2.05, 4.69) is 15.6 Å². The number of carbonyl (C=O) groups is 1. The van der Waals surface area contributed by atoms with Crippen molar-refractivity contribution in [2.75, 3.05) is 5.32 Å². The summed E-state index contributed by atoms with van der Waals surface area (Å²) < 4.78 is 0. The zero-order valence-corrected chi connectivity index (χ0v) is 15.0. The van der Waals surface area contributed by atoms with E-state index < -0.39 is 0 Å². The van der Waals surface area contributed by atoms with E-state index in [9.17, 15) is 4.79 Å². The van der Waals surface area contributed by atoms with Gasteiger partial charge in [0, 0.05) is 36.2 Å². The maximum absolute atomic E-state index is 12.1. The molecular weight excluding hydrogens is 346 g/mol. The molecule has 1 aromatic heterocycles. The van der Waals surface area contributed by atoms with Gasteiger partial charge in [-0.15, -0.1) is 0 Å². The number of aromatic nitrogens is 1. The third-order valence-electron chi connectivity index (χ3n) is 3.92. The third kappa shape index (κ3) is 5.60. The normalized spacial score (nSPS) is 10.3. The minimum atomic E-state index is -0.00603. The summed E-state index contributed by atoms with van der Waals surface area (Å²) >= 11 is 5.99. The van der Waals surface area contributed by atoms with Crippen LogP contribution in [0.25, 0.3) is 0 Å². The van der Waals surface area contributed by atoms with Crippen molar-refractivity contribution in [3.8, 4) is 0 Å². The van der Waals surface area contributed by atoms with Crippen molar-refractivity contribution in [3.63, 3.8) is 0 Å². The van der Waals surface area contributed by atoms with Crippen LogP contribution in [0.2, 0.25) is 5.02 Å². The molecule has 3 rings (SSSR count). The Hall–Kier alpha value is -2.85. The lowest BCUT2D eigenvalue weighted by atomic mass is 10.1. The van der Waals surface area contributed by atoms with Crippen LogP contribution < -0.4 is 10.6 Å². The zero-order valence-electron chi connectivity index (χ0n) is 14.3. The summed E-state index contributed by atoms with van der Waals surface area (Å²) in [5.41, 5.74) is 4.09. The zero-order chi connectivity index (χ0) is 18.2. The average molecular weight is 366 g/mol. The van der Waals surface area contributed by atoms with Gasteiger partial charge >= 0.3 is 0 Å². The highest BCUT2D eigenvalue weighted by molar-refractivity contribution is 6.30. The summed E-state index contributed by atoms with van der Waals surface area (Å²) in [6.45, 7) is 1.19. The topological polar surface area (TPSA) is 54.0 Å². The Morgan fingerprint density at radius 1 is 0.923 bits per heavy atom. The predicted molar refractivity (Wildman–Crippen MR) is 105 cm³/mol. The molecule has 132 valence electrons. The molecule has 0 bridgehead atoms. The first-order valence-corrected chi connectivity index (χ1v) is 8.80. The second-order valence-electron chi connectivity index (χ2n) is 6.00. The minimum absolute atomic E-state index is 0.00603. The number of nitrogens with zero attached hydrogens (tertiary/aromatic N) is 1. The van der Waals surface area contributed by atoms with Crippen LogP contribution in [0.1, 0.15) is 16.7 Å². The molecule has 0 saturated heterocycles. The van der Waals surface area contributed by atoms with Gasteiger partial charge in [0.1, 0.15) is 0 Å². The maximum Gasteiger partial charge on any atom is 0.224 e. The molecule has 0 unspecified atom stereocenters. The molecule has 5 heteroatoms. The van der Waals surface area contributed by atoms with E-state index in [0.29, 0.717) is 19.5 Å². The molecule has 0 aliphatic carbocycles. The first kappa shape index (κ1) is 18.0. The standard InChI is InChI=1S/C21H20ClN3O/c22-19-5-1-3-17(11-19)14-24-20-8-6-16(7-9-20)12-21(26)25-15-18-4-2-10-23-13-18/h1-11,13,24H,12,14-15H2,(H,25,26). The van der Waals surface area contributed by atoms with Gasteiger partial charge in [0.05, 0.1) is 6.42 Å². The van der Waals surface area contributed by atoms with E-state index in [1.165, 1.54) is 0 Å². The van der Waals surface area contributed by atoms with E-state index in [0.717, 1.165) is 27.4 Å². The number of benzene rings is 2. The van der Waals surface area contributed by atoms with Crippen LogP contribution >= 0.6 is 11.6 Å². The summed E-state index contributed by atoms with van der Waals surface area (Å²) in [5.74, 6) is -0.00603. The lowest BCUT2D eigenvalue weighted by Crippen LogP contribution is -2.24. The van der Waals surface area contributed by atoms with E-state index >= 15 is 0 Å². The first-order valence-electron chi connectivity index (χ1n) is 8.42. The van der Waals surface area contributed by atoms with E-state index in [4.69, 9.17) is 11.6 Å². The van der Waals surface area contributed by atoms with Crippen molar-refractivity contribution in [2.24, 2.45) is 0 Å². The van der Waals surface area contributed by atoms with Crippen LogP contribution in [-0.2, 0) is 24.3 Å². The van der Waals surface area contributed by atoms with Gasteiger partial charge in [-0.3, -0.25) is 9.78 Å². The number of anilines is 1. The molecular formula is C21H20ClN3O. The number of carbonyl (C=O) groups excluding carboxylic acids is 1. The van der Waals surface area contributed by atoms with Gasteiger partial charge in [-0.2, -0.15) is 0 Å². The molecule has 26 heavy (non-hydrogen) atoms. The van der Waals surface area contributed by atoms with Gasteiger partial charge < -0.3 is 10.6 Å². The molecule has 0 saturated carbocycles. The predicted octanol–water partition coefficient (Wildman–Crippen LogP) is 4.21. The summed E-state index contributed by atoms with van der Waals surface area (Å²) in [7, 11) is 0. The molecule has 0 radical (unpaired) electrons. The van der Waals surface area contributed by atoms with Crippen LogP contribution in [-0.4, -0.2) is 10.9 Å². The second kappa shape index (κ2) is 9.02. The number of halogens is 1. The van der Waals surface area contributed by atoms with Crippen molar-refractivity contribution in [2.45, 2.75) is 19.5 Å². The number of nitrogens with one attached hydrogen (secondary N) is 2. The van der Waals surface area contributed by atoms with Crippen LogP contribution in [0.4, 0.5) is 5.69 Å².